The van der Waals surface area contributed by atoms with Crippen molar-refractivity contribution in [1.29, 1.82) is 0 Å². The molecule has 2 rings (SSSR count). The standard InChI is InChI=1S/C15H20N4O2/c1-15(21,13-6-3-2-4-7-13)10-17-14(20)8-5-9-19-12-16-11-18-19/h2-4,6-7,11-12,21H,5,8-10H2,1H3,(H,17,20). The zero-order valence-corrected chi connectivity index (χ0v) is 12.1. The molecular weight excluding hydrogens is 268 g/mol. The number of aryl methyl sites for hydroxylation is 1. The highest BCUT2D eigenvalue weighted by atomic mass is 16.3. The van der Waals surface area contributed by atoms with E-state index >= 15 is 0 Å². The lowest BCUT2D eigenvalue weighted by Crippen LogP contribution is -2.38. The number of carbonyl (C=O) groups excluding carboxylic acids is 1. The fourth-order valence-corrected chi connectivity index (χ4v) is 2.01. The van der Waals surface area contributed by atoms with Crippen molar-refractivity contribution in [2.45, 2.75) is 31.9 Å². The number of amides is 1. The van der Waals surface area contributed by atoms with Crippen molar-refractivity contribution in [3.63, 3.8) is 0 Å². The van der Waals surface area contributed by atoms with Gasteiger partial charge in [-0.25, -0.2) is 4.98 Å². The Hall–Kier alpha value is -2.21. The van der Waals surface area contributed by atoms with Gasteiger partial charge in [-0.3, -0.25) is 9.48 Å². The molecule has 0 saturated carbocycles. The van der Waals surface area contributed by atoms with E-state index in [-0.39, 0.29) is 12.5 Å². The minimum absolute atomic E-state index is 0.0775. The van der Waals surface area contributed by atoms with Gasteiger partial charge in [-0.05, 0) is 18.9 Å². The molecule has 0 spiro atoms. The Morgan fingerprint density at radius 1 is 1.38 bits per heavy atom. The molecule has 2 N–H and O–H groups in total. The SMILES string of the molecule is CC(O)(CNC(=O)CCCn1cncn1)c1ccccc1. The average molecular weight is 288 g/mol. The second kappa shape index (κ2) is 6.99. The second-order valence-electron chi connectivity index (χ2n) is 5.18. The molecule has 0 aliphatic heterocycles. The normalized spacial score (nSPS) is 13.6. The maximum atomic E-state index is 11.8. The maximum absolute atomic E-state index is 11.8. The van der Waals surface area contributed by atoms with Crippen molar-refractivity contribution in [3.05, 3.63) is 48.5 Å². The molecule has 2 aromatic rings. The Morgan fingerprint density at radius 2 is 2.14 bits per heavy atom. The molecule has 0 saturated heterocycles. The van der Waals surface area contributed by atoms with Crippen LogP contribution in [0.2, 0.25) is 0 Å². The molecule has 0 aliphatic carbocycles. The number of aliphatic hydroxyl groups is 1. The Balaban J connectivity index is 1.73. The molecule has 21 heavy (non-hydrogen) atoms. The van der Waals surface area contributed by atoms with Gasteiger partial charge in [0.25, 0.3) is 0 Å². The van der Waals surface area contributed by atoms with Crippen LogP contribution in [-0.4, -0.2) is 32.3 Å². The van der Waals surface area contributed by atoms with Gasteiger partial charge < -0.3 is 10.4 Å². The van der Waals surface area contributed by atoms with Gasteiger partial charge in [0.1, 0.15) is 18.3 Å². The van der Waals surface area contributed by atoms with E-state index in [2.05, 4.69) is 15.4 Å². The maximum Gasteiger partial charge on any atom is 0.220 e. The Kier molecular flexibility index (Phi) is 5.05. The summed E-state index contributed by atoms with van der Waals surface area (Å²) >= 11 is 0. The molecule has 6 nitrogen and oxygen atoms in total. The summed E-state index contributed by atoms with van der Waals surface area (Å²) in [5.74, 6) is -0.0775. The fraction of sp³-hybridized carbons (Fsp3) is 0.400. The first-order valence-electron chi connectivity index (χ1n) is 6.95. The fourth-order valence-electron chi connectivity index (χ4n) is 2.01. The number of hydrogen-bond acceptors (Lipinski definition) is 4. The molecule has 1 unspecified atom stereocenters. The zero-order valence-electron chi connectivity index (χ0n) is 12.1. The van der Waals surface area contributed by atoms with Gasteiger partial charge in [-0.1, -0.05) is 30.3 Å². The predicted octanol–water partition coefficient (Wildman–Crippen LogP) is 1.08. The van der Waals surface area contributed by atoms with Gasteiger partial charge in [0.15, 0.2) is 0 Å². The van der Waals surface area contributed by atoms with E-state index < -0.39 is 5.60 Å². The first-order valence-corrected chi connectivity index (χ1v) is 6.95. The summed E-state index contributed by atoms with van der Waals surface area (Å²) in [6.45, 7) is 2.54. The van der Waals surface area contributed by atoms with Crippen molar-refractivity contribution >= 4 is 5.91 Å². The highest BCUT2D eigenvalue weighted by Crippen LogP contribution is 2.18. The molecule has 6 heteroatoms. The van der Waals surface area contributed by atoms with E-state index in [1.807, 2.05) is 30.3 Å². The summed E-state index contributed by atoms with van der Waals surface area (Å²) in [5.41, 5.74) is -0.282. The van der Waals surface area contributed by atoms with Crippen LogP contribution in [0, 0.1) is 0 Å². The number of benzene rings is 1. The predicted molar refractivity (Wildman–Crippen MR) is 78.3 cm³/mol. The molecular formula is C15H20N4O2. The van der Waals surface area contributed by atoms with Gasteiger partial charge in [-0.15, -0.1) is 0 Å². The summed E-state index contributed by atoms with van der Waals surface area (Å²) < 4.78 is 1.69. The van der Waals surface area contributed by atoms with Gasteiger partial charge >= 0.3 is 0 Å². The van der Waals surface area contributed by atoms with E-state index in [4.69, 9.17) is 0 Å². The average Bonchev–Trinajstić information content (AvgIpc) is 2.99. The van der Waals surface area contributed by atoms with Crippen LogP contribution in [0.4, 0.5) is 0 Å². The number of nitrogens with zero attached hydrogens (tertiary/aromatic N) is 3. The molecule has 112 valence electrons. The lowest BCUT2D eigenvalue weighted by Gasteiger charge is -2.24. The van der Waals surface area contributed by atoms with Crippen molar-refractivity contribution in [1.82, 2.24) is 20.1 Å². The lowest BCUT2D eigenvalue weighted by molar-refractivity contribution is -0.122. The summed E-state index contributed by atoms with van der Waals surface area (Å²) in [6.07, 6.45) is 4.17. The summed E-state index contributed by atoms with van der Waals surface area (Å²) in [5, 5.41) is 17.1. The van der Waals surface area contributed by atoms with Crippen LogP contribution in [0.3, 0.4) is 0 Å². The Labute approximate surface area is 123 Å². The molecule has 0 radical (unpaired) electrons. The van der Waals surface area contributed by atoms with Gasteiger partial charge in [-0.2, -0.15) is 5.10 Å². The van der Waals surface area contributed by atoms with E-state index in [9.17, 15) is 9.90 Å². The third-order valence-corrected chi connectivity index (χ3v) is 3.28. The van der Waals surface area contributed by atoms with Crippen LogP contribution in [0.5, 0.6) is 0 Å². The Bertz CT molecular complexity index is 552. The van der Waals surface area contributed by atoms with Crippen molar-refractivity contribution < 1.29 is 9.90 Å². The van der Waals surface area contributed by atoms with E-state index in [1.165, 1.54) is 6.33 Å². The van der Waals surface area contributed by atoms with Crippen LogP contribution in [0.1, 0.15) is 25.3 Å². The highest BCUT2D eigenvalue weighted by Gasteiger charge is 2.23. The molecule has 0 aliphatic rings. The Morgan fingerprint density at radius 3 is 2.81 bits per heavy atom. The highest BCUT2D eigenvalue weighted by molar-refractivity contribution is 5.75. The number of nitrogens with one attached hydrogen (secondary N) is 1. The first-order chi connectivity index (χ1) is 10.1. The van der Waals surface area contributed by atoms with Crippen molar-refractivity contribution in [2.24, 2.45) is 0 Å². The molecule has 0 fully saturated rings. The lowest BCUT2D eigenvalue weighted by atomic mass is 9.96. The molecule has 1 amide bonds. The monoisotopic (exact) mass is 288 g/mol. The molecule has 1 atom stereocenters. The number of aromatic nitrogens is 3. The van der Waals surface area contributed by atoms with Crippen LogP contribution in [-0.2, 0) is 16.9 Å². The third kappa shape index (κ3) is 4.68. The summed E-state index contributed by atoms with van der Waals surface area (Å²) in [4.78, 5) is 15.6. The summed E-state index contributed by atoms with van der Waals surface area (Å²) in [6, 6.07) is 9.31. The number of rotatable bonds is 7. The van der Waals surface area contributed by atoms with Crippen molar-refractivity contribution in [3.8, 4) is 0 Å². The molecule has 1 aromatic heterocycles. The number of hydrogen-bond donors (Lipinski definition) is 2. The van der Waals surface area contributed by atoms with Gasteiger partial charge in [0.2, 0.25) is 5.91 Å². The second-order valence-corrected chi connectivity index (χ2v) is 5.18. The number of carbonyl (C=O) groups is 1. The minimum atomic E-state index is -1.07. The topological polar surface area (TPSA) is 80.0 Å². The van der Waals surface area contributed by atoms with E-state index in [1.54, 1.807) is 17.9 Å². The van der Waals surface area contributed by atoms with Gasteiger partial charge in [0, 0.05) is 13.0 Å². The van der Waals surface area contributed by atoms with Crippen LogP contribution < -0.4 is 5.32 Å². The van der Waals surface area contributed by atoms with Gasteiger partial charge in [0.05, 0.1) is 6.54 Å². The van der Waals surface area contributed by atoms with Crippen LogP contribution in [0.15, 0.2) is 43.0 Å². The van der Waals surface area contributed by atoms with Crippen LogP contribution >= 0.6 is 0 Å². The van der Waals surface area contributed by atoms with Crippen molar-refractivity contribution in [2.75, 3.05) is 6.54 Å². The van der Waals surface area contributed by atoms with E-state index in [0.29, 0.717) is 19.4 Å². The molecule has 1 heterocycles. The first kappa shape index (κ1) is 15.2. The minimum Gasteiger partial charge on any atom is -0.384 e. The van der Waals surface area contributed by atoms with E-state index in [0.717, 1.165) is 5.56 Å². The largest absolute Gasteiger partial charge is 0.384 e. The van der Waals surface area contributed by atoms with Crippen LogP contribution in [0.25, 0.3) is 0 Å². The smallest absolute Gasteiger partial charge is 0.220 e. The quantitative estimate of drug-likeness (QED) is 0.799. The third-order valence-electron chi connectivity index (χ3n) is 3.28. The zero-order chi connectivity index (χ0) is 15.1. The molecule has 1 aromatic carbocycles. The summed E-state index contributed by atoms with van der Waals surface area (Å²) in [7, 11) is 0. The molecule has 0 bridgehead atoms.